The van der Waals surface area contributed by atoms with Crippen LogP contribution >= 0.6 is 0 Å². The quantitative estimate of drug-likeness (QED) is 0.770. The van der Waals surface area contributed by atoms with Crippen molar-refractivity contribution in [1.82, 2.24) is 14.8 Å². The van der Waals surface area contributed by atoms with Gasteiger partial charge in [-0.25, -0.2) is 12.8 Å². The van der Waals surface area contributed by atoms with Gasteiger partial charge in [0.05, 0.1) is 6.54 Å². The lowest BCUT2D eigenvalue weighted by molar-refractivity contribution is 0.569. The number of benzene rings is 1. The Bertz CT molecular complexity index is 955. The van der Waals surface area contributed by atoms with Crippen molar-refractivity contribution in [3.8, 4) is 0 Å². The fourth-order valence-electron chi connectivity index (χ4n) is 2.20. The highest BCUT2D eigenvalue weighted by Gasteiger charge is 2.20. The second-order valence-electron chi connectivity index (χ2n) is 5.30. The fourth-order valence-corrected chi connectivity index (χ4v) is 3.26. The third kappa shape index (κ3) is 3.60. The molecule has 2 heterocycles. The van der Waals surface area contributed by atoms with Crippen molar-refractivity contribution in [3.63, 3.8) is 0 Å². The SMILES string of the molecule is Cc1ccc(S(=O)(=O)Nc2ccn(Cc3cccnc3)n2)c(F)c1. The van der Waals surface area contributed by atoms with Gasteiger partial charge in [0, 0.05) is 24.7 Å². The largest absolute Gasteiger partial charge is 0.266 e. The maximum atomic E-state index is 13.9. The first kappa shape index (κ1) is 16.1. The van der Waals surface area contributed by atoms with Crippen LogP contribution in [0.5, 0.6) is 0 Å². The summed E-state index contributed by atoms with van der Waals surface area (Å²) in [4.78, 5) is 3.60. The zero-order valence-electron chi connectivity index (χ0n) is 12.8. The number of nitrogens with one attached hydrogen (secondary N) is 1. The highest BCUT2D eigenvalue weighted by molar-refractivity contribution is 7.92. The van der Waals surface area contributed by atoms with Gasteiger partial charge in [-0.05, 0) is 36.2 Å². The van der Waals surface area contributed by atoms with E-state index < -0.39 is 20.7 Å². The molecule has 0 unspecified atom stereocenters. The summed E-state index contributed by atoms with van der Waals surface area (Å²) < 4.78 is 42.3. The molecule has 1 aromatic carbocycles. The van der Waals surface area contributed by atoms with E-state index in [1.54, 1.807) is 36.3 Å². The van der Waals surface area contributed by atoms with Gasteiger partial charge < -0.3 is 0 Å². The molecule has 124 valence electrons. The molecule has 0 bridgehead atoms. The Morgan fingerprint density at radius 1 is 1.25 bits per heavy atom. The van der Waals surface area contributed by atoms with Gasteiger partial charge in [0.15, 0.2) is 5.82 Å². The van der Waals surface area contributed by atoms with E-state index in [-0.39, 0.29) is 5.82 Å². The van der Waals surface area contributed by atoms with Gasteiger partial charge in [-0.2, -0.15) is 5.10 Å². The van der Waals surface area contributed by atoms with E-state index in [1.807, 2.05) is 12.1 Å². The molecule has 0 aliphatic rings. The normalized spacial score (nSPS) is 11.4. The molecule has 2 aromatic heterocycles. The average Bonchev–Trinajstić information content (AvgIpc) is 2.94. The molecule has 3 rings (SSSR count). The van der Waals surface area contributed by atoms with Crippen LogP contribution in [0.15, 0.2) is 59.9 Å². The Morgan fingerprint density at radius 2 is 2.08 bits per heavy atom. The molecular weight excluding hydrogens is 331 g/mol. The summed E-state index contributed by atoms with van der Waals surface area (Å²) >= 11 is 0. The fraction of sp³-hybridized carbons (Fsp3) is 0.125. The summed E-state index contributed by atoms with van der Waals surface area (Å²) in [5.74, 6) is -0.670. The van der Waals surface area contributed by atoms with Gasteiger partial charge in [0.1, 0.15) is 10.7 Å². The van der Waals surface area contributed by atoms with Crippen LogP contribution in [-0.4, -0.2) is 23.2 Å². The Morgan fingerprint density at radius 3 is 2.79 bits per heavy atom. The van der Waals surface area contributed by atoms with E-state index in [9.17, 15) is 12.8 Å². The monoisotopic (exact) mass is 346 g/mol. The van der Waals surface area contributed by atoms with E-state index in [0.29, 0.717) is 12.1 Å². The molecule has 6 nitrogen and oxygen atoms in total. The van der Waals surface area contributed by atoms with Crippen LogP contribution in [-0.2, 0) is 16.6 Å². The molecule has 1 N–H and O–H groups in total. The smallest absolute Gasteiger partial charge is 0.266 e. The zero-order valence-corrected chi connectivity index (χ0v) is 13.7. The lowest BCUT2D eigenvalue weighted by Crippen LogP contribution is -2.15. The summed E-state index contributed by atoms with van der Waals surface area (Å²) in [6.45, 7) is 2.14. The lowest BCUT2D eigenvalue weighted by Gasteiger charge is -2.07. The van der Waals surface area contributed by atoms with Crippen LogP contribution in [0, 0.1) is 12.7 Å². The number of hydrogen-bond donors (Lipinski definition) is 1. The van der Waals surface area contributed by atoms with Crippen molar-refractivity contribution in [3.05, 3.63) is 71.9 Å². The number of pyridine rings is 1. The van der Waals surface area contributed by atoms with Crippen molar-refractivity contribution in [2.24, 2.45) is 0 Å². The van der Waals surface area contributed by atoms with Crippen molar-refractivity contribution in [2.75, 3.05) is 4.72 Å². The van der Waals surface area contributed by atoms with Crippen LogP contribution in [0.2, 0.25) is 0 Å². The maximum Gasteiger partial charge on any atom is 0.266 e. The Kier molecular flexibility index (Phi) is 4.30. The average molecular weight is 346 g/mol. The second-order valence-corrected chi connectivity index (χ2v) is 6.95. The molecule has 24 heavy (non-hydrogen) atoms. The third-order valence-corrected chi connectivity index (χ3v) is 4.71. The Balaban J connectivity index is 1.78. The second kappa shape index (κ2) is 6.40. The van der Waals surface area contributed by atoms with Crippen molar-refractivity contribution < 1.29 is 12.8 Å². The van der Waals surface area contributed by atoms with Gasteiger partial charge in [-0.15, -0.1) is 0 Å². The lowest BCUT2D eigenvalue weighted by atomic mass is 10.2. The number of halogens is 1. The number of sulfonamides is 1. The highest BCUT2D eigenvalue weighted by Crippen LogP contribution is 2.19. The first-order valence-corrected chi connectivity index (χ1v) is 8.64. The summed E-state index contributed by atoms with van der Waals surface area (Å²) in [7, 11) is -4.03. The standard InChI is InChI=1S/C16H15FN4O2S/c1-12-4-5-15(14(17)9-12)24(22,23)20-16-6-8-21(19-16)11-13-3-2-7-18-10-13/h2-10H,11H2,1H3,(H,19,20). The number of rotatable bonds is 5. The molecular formula is C16H15FN4O2S. The molecule has 3 aromatic rings. The zero-order chi connectivity index (χ0) is 17.2. The minimum absolute atomic E-state index is 0.124. The van der Waals surface area contributed by atoms with E-state index in [4.69, 9.17) is 0 Å². The van der Waals surface area contributed by atoms with Gasteiger partial charge in [-0.1, -0.05) is 12.1 Å². The first-order chi connectivity index (χ1) is 11.4. The van der Waals surface area contributed by atoms with Crippen LogP contribution in [0.3, 0.4) is 0 Å². The van der Waals surface area contributed by atoms with E-state index in [0.717, 1.165) is 5.56 Å². The number of aryl methyl sites for hydroxylation is 1. The van der Waals surface area contributed by atoms with Gasteiger partial charge in [0.25, 0.3) is 10.0 Å². The van der Waals surface area contributed by atoms with Crippen molar-refractivity contribution >= 4 is 15.8 Å². The Hall–Kier alpha value is -2.74. The molecule has 0 saturated carbocycles. The van der Waals surface area contributed by atoms with E-state index in [1.165, 1.54) is 18.2 Å². The molecule has 8 heteroatoms. The molecule has 0 spiro atoms. The summed E-state index contributed by atoms with van der Waals surface area (Å²) in [6, 6.07) is 9.16. The van der Waals surface area contributed by atoms with E-state index >= 15 is 0 Å². The third-order valence-electron chi connectivity index (χ3n) is 3.32. The summed E-state index contributed by atoms with van der Waals surface area (Å²) in [6.07, 6.45) is 5.01. The van der Waals surface area contributed by atoms with Crippen molar-refractivity contribution in [1.29, 1.82) is 0 Å². The maximum absolute atomic E-state index is 13.9. The highest BCUT2D eigenvalue weighted by atomic mass is 32.2. The van der Waals surface area contributed by atoms with Crippen molar-refractivity contribution in [2.45, 2.75) is 18.4 Å². The van der Waals surface area contributed by atoms with Gasteiger partial charge >= 0.3 is 0 Å². The number of nitrogens with zero attached hydrogens (tertiary/aromatic N) is 3. The Labute approximate surface area is 139 Å². The predicted molar refractivity (Wildman–Crippen MR) is 87.5 cm³/mol. The van der Waals surface area contributed by atoms with Crippen LogP contribution < -0.4 is 4.72 Å². The molecule has 0 aliphatic heterocycles. The minimum atomic E-state index is -4.03. The van der Waals surface area contributed by atoms with Gasteiger partial charge in [-0.3, -0.25) is 14.4 Å². The minimum Gasteiger partial charge on any atom is -0.266 e. The first-order valence-electron chi connectivity index (χ1n) is 7.15. The number of aromatic nitrogens is 3. The van der Waals surface area contributed by atoms with Crippen LogP contribution in [0.1, 0.15) is 11.1 Å². The molecule has 0 fully saturated rings. The van der Waals surface area contributed by atoms with E-state index in [2.05, 4.69) is 14.8 Å². The van der Waals surface area contributed by atoms with Crippen LogP contribution in [0.25, 0.3) is 0 Å². The summed E-state index contributed by atoms with van der Waals surface area (Å²) in [5, 5.41) is 4.14. The molecule has 0 aliphatic carbocycles. The predicted octanol–water partition coefficient (Wildman–Crippen LogP) is 2.57. The molecule has 0 atom stereocenters. The number of hydrogen-bond acceptors (Lipinski definition) is 4. The summed E-state index contributed by atoms with van der Waals surface area (Å²) in [5.41, 5.74) is 1.58. The molecule has 0 saturated heterocycles. The molecule has 0 radical (unpaired) electrons. The molecule has 0 amide bonds. The van der Waals surface area contributed by atoms with Gasteiger partial charge in [0.2, 0.25) is 0 Å². The van der Waals surface area contributed by atoms with Crippen LogP contribution in [0.4, 0.5) is 10.2 Å². The number of anilines is 1. The topological polar surface area (TPSA) is 76.9 Å².